The van der Waals surface area contributed by atoms with Crippen LogP contribution in [0, 0.1) is 11.3 Å². The van der Waals surface area contributed by atoms with Gasteiger partial charge in [0.2, 0.25) is 0 Å². The number of nitrogens with zero attached hydrogens (tertiary/aromatic N) is 1. The molecule has 4 nitrogen and oxygen atoms in total. The van der Waals surface area contributed by atoms with Crippen LogP contribution in [-0.4, -0.2) is 12.0 Å². The fourth-order valence-electron chi connectivity index (χ4n) is 1.85. The second-order valence-corrected chi connectivity index (χ2v) is 4.84. The topological polar surface area (TPSA) is 62.1 Å². The fourth-order valence-corrected chi connectivity index (χ4v) is 1.85. The molecule has 2 aromatic carbocycles. The highest BCUT2D eigenvalue weighted by Crippen LogP contribution is 2.17. The zero-order valence-electron chi connectivity index (χ0n) is 12.0. The van der Waals surface area contributed by atoms with Crippen LogP contribution in [0.25, 0.3) is 0 Å². The van der Waals surface area contributed by atoms with Gasteiger partial charge < -0.3 is 10.1 Å². The average Bonchev–Trinajstić information content (AvgIpc) is 2.47. The molecule has 4 heteroatoms. The van der Waals surface area contributed by atoms with Gasteiger partial charge in [0.25, 0.3) is 5.91 Å². The van der Waals surface area contributed by atoms with E-state index in [4.69, 9.17) is 10.00 Å². The van der Waals surface area contributed by atoms with E-state index >= 15 is 0 Å². The lowest BCUT2D eigenvalue weighted by Crippen LogP contribution is -2.12. The second-order valence-electron chi connectivity index (χ2n) is 4.84. The van der Waals surface area contributed by atoms with Crippen molar-refractivity contribution in [3.05, 3.63) is 59.7 Å². The van der Waals surface area contributed by atoms with Crippen molar-refractivity contribution >= 4 is 11.6 Å². The minimum absolute atomic E-state index is 0.0515. The summed E-state index contributed by atoms with van der Waals surface area (Å²) >= 11 is 0. The summed E-state index contributed by atoms with van der Waals surface area (Å²) in [5.41, 5.74) is 1.61. The van der Waals surface area contributed by atoms with Crippen LogP contribution >= 0.6 is 0 Å². The molecule has 0 heterocycles. The lowest BCUT2D eigenvalue weighted by Gasteiger charge is -2.11. The van der Waals surface area contributed by atoms with Crippen LogP contribution < -0.4 is 10.1 Å². The molecule has 0 bridgehead atoms. The third kappa shape index (κ3) is 4.08. The largest absolute Gasteiger partial charge is 0.491 e. The van der Waals surface area contributed by atoms with Gasteiger partial charge in [0.15, 0.2) is 0 Å². The van der Waals surface area contributed by atoms with Gasteiger partial charge in [-0.3, -0.25) is 4.79 Å². The summed E-state index contributed by atoms with van der Waals surface area (Å²) in [7, 11) is 0. The van der Waals surface area contributed by atoms with Gasteiger partial charge in [-0.25, -0.2) is 0 Å². The van der Waals surface area contributed by atoms with Gasteiger partial charge in [-0.15, -0.1) is 0 Å². The fraction of sp³-hybridized carbons (Fsp3) is 0.176. The third-order valence-corrected chi connectivity index (χ3v) is 2.72. The molecule has 0 fully saturated rings. The highest BCUT2D eigenvalue weighted by Gasteiger charge is 2.08. The van der Waals surface area contributed by atoms with Crippen LogP contribution in [-0.2, 0) is 0 Å². The van der Waals surface area contributed by atoms with E-state index in [0.29, 0.717) is 22.6 Å². The molecule has 0 aliphatic carbocycles. The Bertz CT molecular complexity index is 687. The van der Waals surface area contributed by atoms with Crippen molar-refractivity contribution in [3.63, 3.8) is 0 Å². The number of carbonyl (C=O) groups is 1. The molecule has 21 heavy (non-hydrogen) atoms. The first-order chi connectivity index (χ1) is 10.1. The molecule has 1 amide bonds. The zero-order chi connectivity index (χ0) is 15.2. The standard InChI is InChI=1S/C17H16N2O2/c1-12(2)21-16-8-4-6-14(10-16)17(20)19-15-7-3-5-13(9-15)11-18/h3-10,12H,1-2H3,(H,19,20). The number of carbonyl (C=O) groups excluding carboxylic acids is 1. The van der Waals surface area contributed by atoms with Crippen LogP contribution in [0.2, 0.25) is 0 Å². The summed E-state index contributed by atoms with van der Waals surface area (Å²) in [6.45, 7) is 3.86. The van der Waals surface area contributed by atoms with Crippen molar-refractivity contribution in [2.24, 2.45) is 0 Å². The highest BCUT2D eigenvalue weighted by atomic mass is 16.5. The number of hydrogen-bond donors (Lipinski definition) is 1. The smallest absolute Gasteiger partial charge is 0.255 e. The summed E-state index contributed by atoms with van der Waals surface area (Å²) in [6, 6.07) is 15.8. The molecular weight excluding hydrogens is 264 g/mol. The number of nitriles is 1. The molecule has 2 aromatic rings. The van der Waals surface area contributed by atoms with E-state index in [1.165, 1.54) is 0 Å². The van der Waals surface area contributed by atoms with Gasteiger partial charge in [0.1, 0.15) is 5.75 Å². The van der Waals surface area contributed by atoms with E-state index in [9.17, 15) is 4.79 Å². The maximum atomic E-state index is 12.2. The number of hydrogen-bond acceptors (Lipinski definition) is 3. The van der Waals surface area contributed by atoms with E-state index < -0.39 is 0 Å². The van der Waals surface area contributed by atoms with Crippen molar-refractivity contribution in [1.29, 1.82) is 5.26 Å². The second kappa shape index (κ2) is 6.58. The summed E-state index contributed by atoms with van der Waals surface area (Å²) in [4.78, 5) is 12.2. The Morgan fingerprint density at radius 1 is 1.19 bits per heavy atom. The number of amides is 1. The van der Waals surface area contributed by atoms with Crippen molar-refractivity contribution in [2.75, 3.05) is 5.32 Å². The molecule has 0 aliphatic rings. The predicted molar refractivity (Wildman–Crippen MR) is 81.3 cm³/mol. The molecule has 0 atom stereocenters. The van der Waals surface area contributed by atoms with Crippen molar-refractivity contribution in [2.45, 2.75) is 20.0 Å². The van der Waals surface area contributed by atoms with Gasteiger partial charge in [-0.2, -0.15) is 5.26 Å². The monoisotopic (exact) mass is 280 g/mol. The van der Waals surface area contributed by atoms with E-state index in [-0.39, 0.29) is 12.0 Å². The van der Waals surface area contributed by atoms with Crippen molar-refractivity contribution in [3.8, 4) is 11.8 Å². The first kappa shape index (κ1) is 14.6. The number of benzene rings is 2. The molecule has 0 saturated heterocycles. The van der Waals surface area contributed by atoms with E-state index in [1.54, 1.807) is 42.5 Å². The molecule has 0 aliphatic heterocycles. The Kier molecular flexibility index (Phi) is 4.57. The normalized spacial score (nSPS) is 10.0. The minimum atomic E-state index is -0.237. The van der Waals surface area contributed by atoms with E-state index in [0.717, 1.165) is 0 Å². The Labute approximate surface area is 124 Å². The lowest BCUT2D eigenvalue weighted by molar-refractivity contribution is 0.102. The van der Waals surface area contributed by atoms with Crippen LogP contribution in [0.3, 0.4) is 0 Å². The molecule has 0 radical (unpaired) electrons. The Balaban J connectivity index is 2.14. The maximum Gasteiger partial charge on any atom is 0.255 e. The third-order valence-electron chi connectivity index (χ3n) is 2.72. The summed E-state index contributed by atoms with van der Waals surface area (Å²) in [6.07, 6.45) is 0.0515. The Morgan fingerprint density at radius 3 is 2.67 bits per heavy atom. The molecule has 0 spiro atoms. The Hall–Kier alpha value is -2.80. The highest BCUT2D eigenvalue weighted by molar-refractivity contribution is 6.04. The summed E-state index contributed by atoms with van der Waals surface area (Å²) in [5, 5.41) is 11.6. The average molecular weight is 280 g/mol. The van der Waals surface area contributed by atoms with Crippen LogP contribution in [0.4, 0.5) is 5.69 Å². The van der Waals surface area contributed by atoms with Gasteiger partial charge in [-0.05, 0) is 50.2 Å². The first-order valence-corrected chi connectivity index (χ1v) is 6.66. The van der Waals surface area contributed by atoms with E-state index in [1.807, 2.05) is 26.0 Å². The summed E-state index contributed by atoms with van der Waals surface area (Å²) in [5.74, 6) is 0.419. The maximum absolute atomic E-state index is 12.2. The minimum Gasteiger partial charge on any atom is -0.491 e. The number of ether oxygens (including phenoxy) is 1. The van der Waals surface area contributed by atoms with Gasteiger partial charge >= 0.3 is 0 Å². The molecule has 106 valence electrons. The quantitative estimate of drug-likeness (QED) is 0.930. The van der Waals surface area contributed by atoms with Crippen molar-refractivity contribution < 1.29 is 9.53 Å². The Morgan fingerprint density at radius 2 is 1.95 bits per heavy atom. The molecule has 0 aromatic heterocycles. The number of anilines is 1. The predicted octanol–water partition coefficient (Wildman–Crippen LogP) is 3.60. The van der Waals surface area contributed by atoms with Gasteiger partial charge in [0, 0.05) is 11.3 Å². The molecule has 0 unspecified atom stereocenters. The van der Waals surface area contributed by atoms with Crippen LogP contribution in [0.1, 0.15) is 29.8 Å². The molecular formula is C17H16N2O2. The molecule has 2 rings (SSSR count). The van der Waals surface area contributed by atoms with Gasteiger partial charge in [-0.1, -0.05) is 12.1 Å². The lowest BCUT2D eigenvalue weighted by atomic mass is 10.1. The van der Waals surface area contributed by atoms with E-state index in [2.05, 4.69) is 5.32 Å². The summed E-state index contributed by atoms with van der Waals surface area (Å²) < 4.78 is 5.57. The SMILES string of the molecule is CC(C)Oc1cccc(C(=O)Nc2cccc(C#N)c2)c1. The molecule has 0 saturated carbocycles. The zero-order valence-corrected chi connectivity index (χ0v) is 12.0. The van der Waals surface area contributed by atoms with Crippen LogP contribution in [0.15, 0.2) is 48.5 Å². The number of nitrogens with one attached hydrogen (secondary N) is 1. The number of rotatable bonds is 4. The molecule has 1 N–H and O–H groups in total. The van der Waals surface area contributed by atoms with Crippen LogP contribution in [0.5, 0.6) is 5.75 Å². The first-order valence-electron chi connectivity index (χ1n) is 6.66. The van der Waals surface area contributed by atoms with Crippen molar-refractivity contribution in [1.82, 2.24) is 0 Å². The van der Waals surface area contributed by atoms with Gasteiger partial charge in [0.05, 0.1) is 17.7 Å².